The Hall–Kier alpha value is -0.870. The Morgan fingerprint density at radius 2 is 2.12 bits per heavy atom. The van der Waals surface area contributed by atoms with Crippen molar-refractivity contribution in [2.75, 3.05) is 26.4 Å². The number of thioether (sulfide) groups is 1. The Balaban J connectivity index is 2.79. The molecule has 0 heterocycles. The average Bonchev–Trinajstić information content (AvgIpc) is 2.16. The van der Waals surface area contributed by atoms with Gasteiger partial charge in [0.25, 0.3) is 0 Å². The van der Waals surface area contributed by atoms with E-state index in [2.05, 4.69) is 4.90 Å². The topological polar surface area (TPSA) is 20.3 Å². The Bertz CT molecular complexity index is 379. The highest BCUT2D eigenvalue weighted by molar-refractivity contribution is 7.99. The molecule has 0 unspecified atom stereocenters. The number of carbonyl (C=O) groups is 1. The maximum Gasteiger partial charge on any atom is 0.163 e. The average molecular weight is 241 g/mol. The fourth-order valence-electron chi connectivity index (χ4n) is 1.30. The van der Waals surface area contributed by atoms with Crippen LogP contribution < -0.4 is 0 Å². The van der Waals surface area contributed by atoms with Gasteiger partial charge in [0.2, 0.25) is 0 Å². The molecule has 1 rings (SSSR count). The number of ketones is 1. The van der Waals surface area contributed by atoms with Gasteiger partial charge in [0.15, 0.2) is 5.78 Å². The predicted molar refractivity (Wildman–Crippen MR) is 65.7 cm³/mol. The Kier molecular flexibility index (Phi) is 4.96. The second-order valence-corrected chi connectivity index (χ2v) is 4.96. The predicted octanol–water partition coefficient (Wildman–Crippen LogP) is 2.68. The van der Waals surface area contributed by atoms with Gasteiger partial charge in [0.1, 0.15) is 5.82 Å². The van der Waals surface area contributed by atoms with E-state index in [1.54, 1.807) is 12.1 Å². The number of hydrogen-bond acceptors (Lipinski definition) is 3. The van der Waals surface area contributed by atoms with Gasteiger partial charge in [-0.05, 0) is 33.2 Å². The molecule has 1 aromatic rings. The van der Waals surface area contributed by atoms with E-state index in [-0.39, 0.29) is 11.3 Å². The van der Waals surface area contributed by atoms with Gasteiger partial charge < -0.3 is 4.90 Å². The van der Waals surface area contributed by atoms with Crippen molar-refractivity contribution in [1.29, 1.82) is 0 Å². The van der Waals surface area contributed by atoms with E-state index in [9.17, 15) is 9.18 Å². The lowest BCUT2D eigenvalue weighted by molar-refractivity contribution is 0.101. The minimum atomic E-state index is -0.428. The summed E-state index contributed by atoms with van der Waals surface area (Å²) in [5, 5.41) is 0. The molecule has 4 heteroatoms. The van der Waals surface area contributed by atoms with E-state index >= 15 is 0 Å². The van der Waals surface area contributed by atoms with E-state index < -0.39 is 5.82 Å². The zero-order valence-corrected chi connectivity index (χ0v) is 10.6. The molecule has 1 aromatic carbocycles. The van der Waals surface area contributed by atoms with Gasteiger partial charge in [-0.2, -0.15) is 0 Å². The van der Waals surface area contributed by atoms with Crippen molar-refractivity contribution in [2.24, 2.45) is 0 Å². The minimum Gasteiger partial charge on any atom is -0.309 e. The summed E-state index contributed by atoms with van der Waals surface area (Å²) in [6.45, 7) is 2.30. The SMILES string of the molecule is CC(=O)c1c(F)cccc1SCCN(C)C. The molecule has 0 fully saturated rings. The maximum absolute atomic E-state index is 13.4. The Labute approximate surface area is 99.8 Å². The highest BCUT2D eigenvalue weighted by Crippen LogP contribution is 2.25. The Morgan fingerprint density at radius 3 is 2.69 bits per heavy atom. The van der Waals surface area contributed by atoms with Crippen LogP contribution >= 0.6 is 11.8 Å². The van der Waals surface area contributed by atoms with Crippen molar-refractivity contribution >= 4 is 17.5 Å². The molecule has 0 spiro atoms. The summed E-state index contributed by atoms with van der Waals surface area (Å²) in [4.78, 5) is 14.1. The molecule has 0 aliphatic heterocycles. The summed E-state index contributed by atoms with van der Waals surface area (Å²) in [7, 11) is 3.97. The summed E-state index contributed by atoms with van der Waals surface area (Å²) in [5.41, 5.74) is 0.214. The molecule has 0 saturated carbocycles. The first kappa shape index (κ1) is 13.2. The van der Waals surface area contributed by atoms with Gasteiger partial charge in [0.05, 0.1) is 5.56 Å². The number of rotatable bonds is 5. The van der Waals surface area contributed by atoms with E-state index in [1.807, 2.05) is 14.1 Å². The molecule has 2 nitrogen and oxygen atoms in total. The second-order valence-electron chi connectivity index (χ2n) is 3.82. The van der Waals surface area contributed by atoms with Gasteiger partial charge in [0, 0.05) is 17.2 Å². The van der Waals surface area contributed by atoms with E-state index in [4.69, 9.17) is 0 Å². The van der Waals surface area contributed by atoms with Crippen LogP contribution in [0, 0.1) is 5.82 Å². The van der Waals surface area contributed by atoms with Crippen LogP contribution in [0.15, 0.2) is 23.1 Å². The largest absolute Gasteiger partial charge is 0.309 e. The summed E-state index contributed by atoms with van der Waals surface area (Å²) in [5.74, 6) is 0.198. The van der Waals surface area contributed by atoms with E-state index in [1.165, 1.54) is 24.8 Å². The van der Waals surface area contributed by atoms with Crippen LogP contribution in [0.1, 0.15) is 17.3 Å². The smallest absolute Gasteiger partial charge is 0.163 e. The lowest BCUT2D eigenvalue weighted by Crippen LogP contribution is -2.15. The van der Waals surface area contributed by atoms with Gasteiger partial charge in [-0.15, -0.1) is 11.8 Å². The molecule has 0 atom stereocenters. The molecular formula is C12H16FNOS. The quantitative estimate of drug-likeness (QED) is 0.584. The highest BCUT2D eigenvalue weighted by Gasteiger charge is 2.12. The molecule has 0 amide bonds. The molecule has 0 aliphatic rings. The molecule has 0 bridgehead atoms. The van der Waals surface area contributed by atoms with Crippen LogP contribution in [-0.4, -0.2) is 37.1 Å². The van der Waals surface area contributed by atoms with Crippen LogP contribution in [0.3, 0.4) is 0 Å². The van der Waals surface area contributed by atoms with Crippen molar-refractivity contribution in [3.8, 4) is 0 Å². The molecule has 0 saturated heterocycles. The fraction of sp³-hybridized carbons (Fsp3) is 0.417. The molecular weight excluding hydrogens is 225 g/mol. The van der Waals surface area contributed by atoms with Crippen molar-refractivity contribution in [2.45, 2.75) is 11.8 Å². The maximum atomic E-state index is 13.4. The summed E-state index contributed by atoms with van der Waals surface area (Å²) in [6.07, 6.45) is 0. The lowest BCUT2D eigenvalue weighted by Gasteiger charge is -2.10. The minimum absolute atomic E-state index is 0.214. The van der Waals surface area contributed by atoms with Crippen molar-refractivity contribution in [3.63, 3.8) is 0 Å². The number of Topliss-reactive ketones (excluding diaryl/α,β-unsaturated/α-hetero) is 1. The summed E-state index contributed by atoms with van der Waals surface area (Å²) in [6, 6.07) is 4.76. The Morgan fingerprint density at radius 1 is 1.44 bits per heavy atom. The van der Waals surface area contributed by atoms with Crippen LogP contribution in [-0.2, 0) is 0 Å². The molecule has 0 N–H and O–H groups in total. The third-order valence-corrected chi connectivity index (χ3v) is 3.16. The molecule has 0 radical (unpaired) electrons. The first-order chi connectivity index (χ1) is 7.52. The molecule has 88 valence electrons. The van der Waals surface area contributed by atoms with Crippen molar-refractivity contribution < 1.29 is 9.18 Å². The number of nitrogens with zero attached hydrogens (tertiary/aromatic N) is 1. The monoisotopic (exact) mass is 241 g/mol. The van der Waals surface area contributed by atoms with Crippen molar-refractivity contribution in [1.82, 2.24) is 4.90 Å². The third-order valence-electron chi connectivity index (χ3n) is 2.12. The van der Waals surface area contributed by atoms with Gasteiger partial charge >= 0.3 is 0 Å². The van der Waals surface area contributed by atoms with Crippen molar-refractivity contribution in [3.05, 3.63) is 29.6 Å². The van der Waals surface area contributed by atoms with Gasteiger partial charge in [-0.25, -0.2) is 4.39 Å². The first-order valence-electron chi connectivity index (χ1n) is 5.09. The van der Waals surface area contributed by atoms with Gasteiger partial charge in [-0.3, -0.25) is 4.79 Å². The standard InChI is InChI=1S/C12H16FNOS/c1-9(15)12-10(13)5-4-6-11(12)16-8-7-14(2)3/h4-6H,7-8H2,1-3H3. The highest BCUT2D eigenvalue weighted by atomic mass is 32.2. The number of benzene rings is 1. The first-order valence-corrected chi connectivity index (χ1v) is 6.08. The van der Waals surface area contributed by atoms with Crippen LogP contribution in [0.2, 0.25) is 0 Å². The normalized spacial score (nSPS) is 10.8. The van der Waals surface area contributed by atoms with Crippen LogP contribution in [0.4, 0.5) is 4.39 Å². The van der Waals surface area contributed by atoms with Gasteiger partial charge in [-0.1, -0.05) is 6.07 Å². The molecule has 0 aliphatic carbocycles. The number of halogens is 1. The zero-order valence-electron chi connectivity index (χ0n) is 9.79. The lowest BCUT2D eigenvalue weighted by atomic mass is 10.1. The van der Waals surface area contributed by atoms with E-state index in [0.29, 0.717) is 0 Å². The van der Waals surface area contributed by atoms with Crippen LogP contribution in [0.25, 0.3) is 0 Å². The zero-order chi connectivity index (χ0) is 12.1. The third kappa shape index (κ3) is 3.61. The number of carbonyl (C=O) groups excluding carboxylic acids is 1. The molecule has 0 aromatic heterocycles. The fourth-order valence-corrected chi connectivity index (χ4v) is 2.54. The second kappa shape index (κ2) is 6.01. The van der Waals surface area contributed by atoms with E-state index in [0.717, 1.165) is 17.2 Å². The number of hydrogen-bond donors (Lipinski definition) is 0. The molecule has 16 heavy (non-hydrogen) atoms. The van der Waals surface area contributed by atoms with Crippen LogP contribution in [0.5, 0.6) is 0 Å². The summed E-state index contributed by atoms with van der Waals surface area (Å²) < 4.78 is 13.4. The summed E-state index contributed by atoms with van der Waals surface area (Å²) >= 11 is 1.52.